The van der Waals surface area contributed by atoms with Crippen LogP contribution in [0.25, 0.3) is 67.8 Å². The van der Waals surface area contributed by atoms with E-state index >= 15 is 0 Å². The Hall–Kier alpha value is -5.35. The van der Waals surface area contributed by atoms with Crippen LogP contribution in [0.5, 0.6) is 0 Å². The number of nitrogens with zero attached hydrogens (tertiary/aromatic N) is 4. The van der Waals surface area contributed by atoms with Gasteiger partial charge in [0, 0.05) is 48.2 Å². The Morgan fingerprint density at radius 3 is 0.864 bits per heavy atom. The third-order valence-corrected chi connectivity index (χ3v) is 13.2. The van der Waals surface area contributed by atoms with Crippen LogP contribution in [0, 0.1) is 116 Å². The van der Waals surface area contributed by atoms with E-state index in [1.54, 1.807) is 0 Å². The summed E-state index contributed by atoms with van der Waals surface area (Å²) in [7, 11) is 0. The SMILES string of the molecule is C.Cc1ccc(-c2[c-]c(-c3ccc(C)c(C)c3C)nc(-c3ccc(C)c(C)c3C)n2)c(C)c1C.Cc1ccc(-c2[c-]c(-c3ccc(C)cc3C)nc(-c3ccc(C)cc3C)n2)c(C)c1.[V].[V]. The quantitative estimate of drug-likeness (QED) is 0.156. The summed E-state index contributed by atoms with van der Waals surface area (Å²) >= 11 is 0. The number of rotatable bonds is 6. The summed E-state index contributed by atoms with van der Waals surface area (Å²) in [6.45, 7) is 32.2. The monoisotopic (exact) mass is 942 g/mol. The summed E-state index contributed by atoms with van der Waals surface area (Å²) < 4.78 is 0. The van der Waals surface area contributed by atoms with Gasteiger partial charge in [0.1, 0.15) is 0 Å². The van der Waals surface area contributed by atoms with Crippen molar-refractivity contribution in [1.29, 1.82) is 0 Å². The van der Waals surface area contributed by atoms with Crippen molar-refractivity contribution in [3.8, 4) is 67.8 Å². The van der Waals surface area contributed by atoms with Gasteiger partial charge in [-0.15, -0.1) is 36.4 Å². The third kappa shape index (κ3) is 11.1. The third-order valence-electron chi connectivity index (χ3n) is 13.2. The molecule has 0 aliphatic heterocycles. The Morgan fingerprint density at radius 1 is 0.273 bits per heavy atom. The second kappa shape index (κ2) is 22.0. The fourth-order valence-corrected chi connectivity index (χ4v) is 8.41. The van der Waals surface area contributed by atoms with Gasteiger partial charge in [-0.25, -0.2) is 0 Å². The van der Waals surface area contributed by atoms with Gasteiger partial charge in [0.25, 0.3) is 0 Å². The van der Waals surface area contributed by atoms with E-state index in [1.807, 2.05) is 0 Å². The van der Waals surface area contributed by atoms with Crippen molar-refractivity contribution in [2.75, 3.05) is 0 Å². The largest absolute Gasteiger partial charge is 0.255 e. The summed E-state index contributed by atoms with van der Waals surface area (Å²) in [6.07, 6.45) is 0. The smallest absolute Gasteiger partial charge is 0.156 e. The maximum absolute atomic E-state index is 5.07. The first kappa shape index (κ1) is 53.3. The molecule has 6 heteroatoms. The Morgan fingerprint density at radius 2 is 0.530 bits per heavy atom. The number of aromatic nitrogens is 4. The minimum Gasteiger partial charge on any atom is -0.255 e. The summed E-state index contributed by atoms with van der Waals surface area (Å²) in [5.41, 5.74) is 28.7. The average Bonchev–Trinajstić information content (AvgIpc) is 3.24. The molecule has 6 aromatic carbocycles. The van der Waals surface area contributed by atoms with E-state index in [0.717, 1.165) is 67.8 Å². The summed E-state index contributed by atoms with van der Waals surface area (Å²) in [5.74, 6) is 1.51. The van der Waals surface area contributed by atoms with Crippen LogP contribution < -0.4 is 0 Å². The molecule has 66 heavy (non-hydrogen) atoms. The Bertz CT molecular complexity index is 2720. The predicted octanol–water partition coefficient (Wildman–Crippen LogP) is 15.8. The molecule has 0 unspecified atom stereocenters. The molecule has 0 bridgehead atoms. The molecule has 0 saturated heterocycles. The van der Waals surface area contributed by atoms with Crippen molar-refractivity contribution in [3.05, 3.63) is 187 Å². The van der Waals surface area contributed by atoms with Gasteiger partial charge in [-0.3, -0.25) is 19.9 Å². The molecule has 2 heterocycles. The maximum atomic E-state index is 5.07. The molecule has 2 radical (unpaired) electrons. The first-order valence-electron chi connectivity index (χ1n) is 22.0. The zero-order chi connectivity index (χ0) is 45.4. The number of hydrogen-bond donors (Lipinski definition) is 0. The molecule has 0 aliphatic rings. The second-order valence-electron chi connectivity index (χ2n) is 17.7. The molecule has 4 nitrogen and oxygen atoms in total. The van der Waals surface area contributed by atoms with Gasteiger partial charge in [0.2, 0.25) is 0 Å². The van der Waals surface area contributed by atoms with Gasteiger partial charge in [-0.2, -0.15) is 0 Å². The number of hydrogen-bond acceptors (Lipinski definition) is 4. The zero-order valence-corrected chi connectivity index (χ0v) is 43.6. The molecule has 0 fully saturated rings. The fraction of sp³-hybridized carbons (Fsp3) is 0.267. The van der Waals surface area contributed by atoms with E-state index in [9.17, 15) is 0 Å². The van der Waals surface area contributed by atoms with E-state index < -0.39 is 0 Å². The van der Waals surface area contributed by atoms with Crippen molar-refractivity contribution in [3.63, 3.8) is 0 Å². The van der Waals surface area contributed by atoms with Crippen LogP contribution in [0.1, 0.15) is 90.9 Å². The molecule has 8 aromatic rings. The minimum atomic E-state index is 0. The van der Waals surface area contributed by atoms with Crippen LogP contribution >= 0.6 is 0 Å². The Kier molecular flexibility index (Phi) is 17.7. The molecular formula is C60H64N4V2-2. The molecule has 0 saturated carbocycles. The van der Waals surface area contributed by atoms with Crippen molar-refractivity contribution >= 4 is 0 Å². The van der Waals surface area contributed by atoms with Crippen LogP contribution in [-0.2, 0) is 37.1 Å². The zero-order valence-electron chi connectivity index (χ0n) is 40.8. The van der Waals surface area contributed by atoms with E-state index in [0.29, 0.717) is 0 Å². The van der Waals surface area contributed by atoms with Gasteiger partial charge >= 0.3 is 0 Å². The second-order valence-corrected chi connectivity index (χ2v) is 17.7. The molecule has 0 amide bonds. The number of benzene rings is 6. The molecule has 0 spiro atoms. The topological polar surface area (TPSA) is 51.6 Å². The van der Waals surface area contributed by atoms with Gasteiger partial charge in [-0.05, 0) is 132 Å². The first-order chi connectivity index (χ1) is 29.9. The molecule has 0 N–H and O–H groups in total. The van der Waals surface area contributed by atoms with Crippen LogP contribution in [0.4, 0.5) is 0 Å². The molecule has 8 rings (SSSR count). The minimum absolute atomic E-state index is 0. The predicted molar refractivity (Wildman–Crippen MR) is 272 cm³/mol. The number of aryl methyl sites for hydroxylation is 9. The fourth-order valence-electron chi connectivity index (χ4n) is 8.41. The molecular weight excluding hydrogens is 879 g/mol. The van der Waals surface area contributed by atoms with Crippen LogP contribution in [0.3, 0.4) is 0 Å². The standard InChI is InChI=1S/C31H33N2.C28H27N2.CH4.2V/c1-17-10-13-26(23(7)20(17)4)29-16-30(27-14-11-18(2)21(5)24(27)8)33-31(32-29)28-15-12-19(3)22(6)25(28)9;1-17-7-10-23(20(4)13-17)26-16-27(24-11-8-18(2)14-21(24)5)30-28(29-26)25-12-9-19(3)15-22(25)6;;;/h10-15H,1-9H3;7-15H,1-6H3;1H4;;/q2*-1;;;. The van der Waals surface area contributed by atoms with Gasteiger partial charge in [0.15, 0.2) is 11.6 Å². The Balaban J connectivity index is 0.000000277. The average molecular weight is 943 g/mol. The Labute approximate surface area is 420 Å². The molecule has 0 aliphatic carbocycles. The van der Waals surface area contributed by atoms with E-state index in [1.165, 1.54) is 83.5 Å². The molecule has 2 aromatic heterocycles. The van der Waals surface area contributed by atoms with Crippen molar-refractivity contribution in [2.45, 2.75) is 111 Å². The van der Waals surface area contributed by atoms with Crippen molar-refractivity contribution in [2.24, 2.45) is 0 Å². The van der Waals surface area contributed by atoms with E-state index in [-0.39, 0.29) is 44.5 Å². The normalized spacial score (nSPS) is 10.6. The summed E-state index contributed by atoms with van der Waals surface area (Å²) in [5, 5.41) is 0. The van der Waals surface area contributed by atoms with Gasteiger partial charge in [-0.1, -0.05) is 174 Å². The summed E-state index contributed by atoms with van der Waals surface area (Å²) in [4.78, 5) is 20.1. The van der Waals surface area contributed by atoms with E-state index in [4.69, 9.17) is 19.9 Å². The first-order valence-corrected chi connectivity index (χ1v) is 22.0. The molecule has 336 valence electrons. The van der Waals surface area contributed by atoms with Gasteiger partial charge in [0.05, 0.1) is 0 Å². The van der Waals surface area contributed by atoms with Crippen LogP contribution in [-0.4, -0.2) is 19.9 Å². The van der Waals surface area contributed by atoms with E-state index in [2.05, 4.69) is 207 Å². The maximum Gasteiger partial charge on any atom is 0.156 e. The molecule has 0 atom stereocenters. The summed E-state index contributed by atoms with van der Waals surface area (Å²) in [6, 6.07) is 39.5. The van der Waals surface area contributed by atoms with Gasteiger partial charge < -0.3 is 0 Å². The van der Waals surface area contributed by atoms with Crippen LogP contribution in [0.2, 0.25) is 0 Å². The van der Waals surface area contributed by atoms with Crippen LogP contribution in [0.15, 0.2) is 91.0 Å². The van der Waals surface area contributed by atoms with Crippen molar-refractivity contribution in [1.82, 2.24) is 19.9 Å². The van der Waals surface area contributed by atoms with Crippen molar-refractivity contribution < 1.29 is 37.1 Å².